The van der Waals surface area contributed by atoms with E-state index >= 15 is 0 Å². The molecule has 0 aromatic heterocycles. The number of nitrogens with zero attached hydrogens (tertiary/aromatic N) is 1. The van der Waals surface area contributed by atoms with Gasteiger partial charge in [-0.15, -0.1) is 6.58 Å². The Balaban J connectivity index is -0.000000173. The number of methoxy groups -OCH3 is 1. The first-order chi connectivity index (χ1) is 14.9. The van der Waals surface area contributed by atoms with E-state index in [1.165, 1.54) is 12.8 Å². The van der Waals surface area contributed by atoms with E-state index < -0.39 is 5.97 Å². The van der Waals surface area contributed by atoms with Crippen molar-refractivity contribution in [2.75, 3.05) is 20.7 Å². The van der Waals surface area contributed by atoms with Crippen LogP contribution in [0.2, 0.25) is 0 Å². The van der Waals surface area contributed by atoms with E-state index in [4.69, 9.17) is 14.6 Å². The molecule has 3 N–H and O–H groups in total. The Morgan fingerprint density at radius 3 is 1.97 bits per heavy atom. The first-order valence-electron chi connectivity index (χ1n) is 11.6. The van der Waals surface area contributed by atoms with Crippen LogP contribution in [0.1, 0.15) is 87.0 Å². The molecule has 7 heteroatoms. The van der Waals surface area contributed by atoms with Crippen LogP contribution in [0, 0.1) is 11.8 Å². The number of hydrogen-bond donors (Lipinski definition) is 2. The van der Waals surface area contributed by atoms with Crippen LogP contribution in [0.3, 0.4) is 0 Å². The molecule has 1 aliphatic heterocycles. The zero-order valence-corrected chi connectivity index (χ0v) is 22.2. The van der Waals surface area contributed by atoms with Gasteiger partial charge in [0.15, 0.2) is 0 Å². The van der Waals surface area contributed by atoms with Gasteiger partial charge in [-0.05, 0) is 65.5 Å². The zero-order chi connectivity index (χ0) is 26.2. The number of allylic oxidation sites excluding steroid dienone is 1. The maximum absolute atomic E-state index is 10.4. The van der Waals surface area contributed by atoms with Gasteiger partial charge in [0, 0.05) is 13.5 Å². The predicted molar refractivity (Wildman–Crippen MR) is 135 cm³/mol. The minimum absolute atomic E-state index is 0.0417. The minimum atomic E-state index is -0.685. The van der Waals surface area contributed by atoms with Crippen molar-refractivity contribution >= 4 is 18.7 Å². The first kappa shape index (κ1) is 37.6. The summed E-state index contributed by atoms with van der Waals surface area (Å²) in [7, 11) is 3.56. The third kappa shape index (κ3) is 30.5. The number of hydrogen-bond acceptors (Lipinski definition) is 5. The molecule has 0 bridgehead atoms. The highest BCUT2D eigenvalue weighted by atomic mass is 16.5. The van der Waals surface area contributed by atoms with Crippen molar-refractivity contribution in [2.45, 2.75) is 98.6 Å². The molecule has 0 aromatic carbocycles. The molecular formula is C25H52N2O5. The fraction of sp³-hybridized carbons (Fsp3) is 0.800. The molecule has 0 aromatic rings. The standard InChI is InChI=1S/C11H20O.C6H11NO2.C5H12O.C2H6.CH3NO/c1-4-10(2)6-5-7-11(3)8-9-12;1-7-4-2-3-5(7)6(8)9;1-5(2,3)6-4;1-2;2-1-3/h4,9-11H,1,5-8H2,2-3H3;5H,2-4H2,1H3,(H,8,9);1-4H3;1-2H3;1H,(H2,2,3). The lowest BCUT2D eigenvalue weighted by molar-refractivity contribution is -0.141. The van der Waals surface area contributed by atoms with Crippen molar-refractivity contribution in [3.63, 3.8) is 0 Å². The number of rotatable bonds is 8. The zero-order valence-electron chi connectivity index (χ0n) is 22.2. The molecule has 0 spiro atoms. The van der Waals surface area contributed by atoms with Gasteiger partial charge >= 0.3 is 5.97 Å². The number of amides is 1. The summed E-state index contributed by atoms with van der Waals surface area (Å²) in [6, 6.07) is -0.218. The number of likely N-dealkylation sites (tertiary alicyclic amines) is 1. The molecule has 0 radical (unpaired) electrons. The van der Waals surface area contributed by atoms with Gasteiger partial charge in [-0.25, -0.2) is 0 Å². The quantitative estimate of drug-likeness (QED) is 0.393. The highest BCUT2D eigenvalue weighted by Crippen LogP contribution is 2.15. The van der Waals surface area contributed by atoms with Crippen LogP contribution >= 0.6 is 0 Å². The lowest BCUT2D eigenvalue weighted by Crippen LogP contribution is -2.32. The molecule has 3 atom stereocenters. The lowest BCUT2D eigenvalue weighted by atomic mass is 9.97. The van der Waals surface area contributed by atoms with Crippen LogP contribution in [0.15, 0.2) is 12.7 Å². The second-order valence-electron chi connectivity index (χ2n) is 8.58. The smallest absolute Gasteiger partial charge is 0.320 e. The fourth-order valence-corrected chi connectivity index (χ4v) is 2.41. The van der Waals surface area contributed by atoms with Gasteiger partial charge in [-0.1, -0.05) is 46.6 Å². The summed E-state index contributed by atoms with van der Waals surface area (Å²) in [5.74, 6) is 0.489. The largest absolute Gasteiger partial charge is 0.480 e. The summed E-state index contributed by atoms with van der Waals surface area (Å²) in [6.07, 6.45) is 9.37. The third-order valence-electron chi connectivity index (χ3n) is 4.68. The van der Waals surface area contributed by atoms with Crippen LogP contribution in [-0.4, -0.2) is 61.0 Å². The van der Waals surface area contributed by atoms with E-state index in [0.717, 1.165) is 32.1 Å². The summed E-state index contributed by atoms with van der Waals surface area (Å²) < 4.78 is 4.94. The van der Waals surface area contributed by atoms with Gasteiger partial charge in [0.2, 0.25) is 6.41 Å². The minimum Gasteiger partial charge on any atom is -0.480 e. The van der Waals surface area contributed by atoms with E-state index in [9.17, 15) is 9.59 Å². The van der Waals surface area contributed by atoms with E-state index in [-0.39, 0.29) is 18.1 Å². The Morgan fingerprint density at radius 1 is 1.25 bits per heavy atom. The van der Waals surface area contributed by atoms with Crippen molar-refractivity contribution in [3.8, 4) is 0 Å². The average Bonchev–Trinajstić information content (AvgIpc) is 3.17. The maximum Gasteiger partial charge on any atom is 0.320 e. The van der Waals surface area contributed by atoms with Gasteiger partial charge in [0.1, 0.15) is 12.3 Å². The first-order valence-corrected chi connectivity index (χ1v) is 11.6. The van der Waals surface area contributed by atoms with Crippen LogP contribution in [-0.2, 0) is 19.1 Å². The molecule has 0 aliphatic carbocycles. The van der Waals surface area contributed by atoms with Gasteiger partial charge < -0.3 is 20.4 Å². The molecular weight excluding hydrogens is 408 g/mol. The lowest BCUT2D eigenvalue weighted by Gasteiger charge is -2.14. The van der Waals surface area contributed by atoms with Crippen molar-refractivity contribution in [1.29, 1.82) is 0 Å². The Hall–Kier alpha value is -1.73. The van der Waals surface area contributed by atoms with Gasteiger partial charge in [-0.2, -0.15) is 0 Å². The van der Waals surface area contributed by atoms with Crippen LogP contribution < -0.4 is 5.73 Å². The molecule has 1 aliphatic rings. The molecule has 0 saturated carbocycles. The van der Waals surface area contributed by atoms with Crippen molar-refractivity contribution in [2.24, 2.45) is 17.6 Å². The summed E-state index contributed by atoms with van der Waals surface area (Å²) in [5.41, 5.74) is 4.21. The van der Waals surface area contributed by atoms with Gasteiger partial charge in [0.05, 0.1) is 5.60 Å². The van der Waals surface area contributed by atoms with Crippen molar-refractivity contribution in [1.82, 2.24) is 4.90 Å². The molecule has 1 heterocycles. The predicted octanol–water partition coefficient (Wildman–Crippen LogP) is 4.93. The Bertz CT molecular complexity index is 450. The fourth-order valence-electron chi connectivity index (χ4n) is 2.41. The number of ether oxygens (including phenoxy) is 1. The number of primary amides is 1. The van der Waals surface area contributed by atoms with E-state index in [0.29, 0.717) is 18.3 Å². The number of likely N-dealkylation sites (N-methyl/N-ethyl adjacent to an activating group) is 1. The van der Waals surface area contributed by atoms with E-state index in [2.05, 4.69) is 26.2 Å². The number of carbonyl (C=O) groups is 3. The average molecular weight is 461 g/mol. The monoisotopic (exact) mass is 460 g/mol. The number of carbonyl (C=O) groups excluding carboxylic acids is 2. The van der Waals surface area contributed by atoms with Crippen LogP contribution in [0.4, 0.5) is 0 Å². The molecule has 1 saturated heterocycles. The van der Waals surface area contributed by atoms with E-state index in [1.807, 2.05) is 52.6 Å². The topological polar surface area (TPSA) is 110 Å². The van der Waals surface area contributed by atoms with Gasteiger partial charge in [-0.3, -0.25) is 14.5 Å². The number of aldehydes is 1. The van der Waals surface area contributed by atoms with Gasteiger partial charge in [0.25, 0.3) is 0 Å². The van der Waals surface area contributed by atoms with Crippen molar-refractivity contribution in [3.05, 3.63) is 12.7 Å². The van der Waals surface area contributed by atoms with Crippen LogP contribution in [0.5, 0.6) is 0 Å². The van der Waals surface area contributed by atoms with Crippen LogP contribution in [0.25, 0.3) is 0 Å². The number of carboxylic acid groups (broad SMARTS) is 1. The second kappa shape index (κ2) is 25.5. The SMILES string of the molecule is C=CC(C)CCCC(C)CC=O.CC.CN1CCCC1C(=O)O.COC(C)(C)C.NC=O. The number of aliphatic carboxylic acids is 1. The Kier molecular flexibility index (Phi) is 30.0. The highest BCUT2D eigenvalue weighted by molar-refractivity contribution is 5.73. The molecule has 1 amide bonds. The summed E-state index contributed by atoms with van der Waals surface area (Å²) in [5, 5.41) is 8.54. The normalized spacial score (nSPS) is 16.6. The number of nitrogens with two attached hydrogens (primary N) is 1. The molecule has 3 unspecified atom stereocenters. The second-order valence-corrected chi connectivity index (χ2v) is 8.58. The third-order valence-corrected chi connectivity index (χ3v) is 4.68. The van der Waals surface area contributed by atoms with E-state index in [1.54, 1.807) is 7.11 Å². The molecule has 1 rings (SSSR count). The molecule has 192 valence electrons. The maximum atomic E-state index is 10.4. The van der Waals surface area contributed by atoms with Crippen molar-refractivity contribution < 1.29 is 24.2 Å². The summed E-state index contributed by atoms with van der Waals surface area (Å²) in [4.78, 5) is 31.0. The highest BCUT2D eigenvalue weighted by Gasteiger charge is 2.26. The Morgan fingerprint density at radius 2 is 1.72 bits per heavy atom. The molecule has 1 fully saturated rings. The number of carboxylic acids is 1. The molecule has 32 heavy (non-hydrogen) atoms. The Labute approximate surface area is 197 Å². The summed E-state index contributed by atoms with van der Waals surface area (Å²) >= 11 is 0. The molecule has 7 nitrogen and oxygen atoms in total. The summed E-state index contributed by atoms with van der Waals surface area (Å²) in [6.45, 7) is 19.0.